The number of hydrogen-bond acceptors (Lipinski definition) is 4. The second-order valence-corrected chi connectivity index (χ2v) is 4.16. The maximum atomic E-state index is 12.0. The molecule has 1 aliphatic rings. The highest BCUT2D eigenvalue weighted by Crippen LogP contribution is 2.20. The molecule has 0 atom stereocenters. The number of carbonyl (C=O) groups is 3. The Labute approximate surface area is 111 Å². The van der Waals surface area contributed by atoms with Gasteiger partial charge in [-0.2, -0.15) is 0 Å². The van der Waals surface area contributed by atoms with Crippen LogP contribution in [0.25, 0.3) is 0 Å². The quantitative estimate of drug-likeness (QED) is 0.742. The van der Waals surface area contributed by atoms with Gasteiger partial charge in [-0.15, -0.1) is 0 Å². The minimum absolute atomic E-state index is 0.125. The molecule has 100 valence electrons. The molecule has 3 amide bonds. The molecule has 1 aliphatic heterocycles. The Bertz CT molecular complexity index is 503. The van der Waals surface area contributed by atoms with Crippen LogP contribution in [-0.4, -0.2) is 52.1 Å². The fraction of sp³-hybridized carbons (Fsp3) is 0.385. The number of hydrogen-bond donors (Lipinski definition) is 0. The van der Waals surface area contributed by atoms with E-state index in [9.17, 15) is 14.4 Å². The first-order chi connectivity index (χ1) is 9.10. The van der Waals surface area contributed by atoms with Gasteiger partial charge in [-0.1, -0.05) is 0 Å². The summed E-state index contributed by atoms with van der Waals surface area (Å²) >= 11 is 0. The fourth-order valence-corrected chi connectivity index (χ4v) is 2.07. The number of imide groups is 1. The molecule has 0 saturated heterocycles. The predicted molar refractivity (Wildman–Crippen MR) is 67.5 cm³/mol. The van der Waals surface area contributed by atoms with E-state index in [1.54, 1.807) is 17.0 Å². The van der Waals surface area contributed by atoms with Crippen LogP contribution in [0.3, 0.4) is 0 Å². The summed E-state index contributed by atoms with van der Waals surface area (Å²) in [6.07, 6.45) is 1.46. The molecule has 0 bridgehead atoms. The van der Waals surface area contributed by atoms with Gasteiger partial charge in [-0.05, 0) is 26.0 Å². The number of fused-ring (bicyclic) bond motifs is 1. The van der Waals surface area contributed by atoms with Crippen LogP contribution in [0.5, 0.6) is 0 Å². The van der Waals surface area contributed by atoms with Crippen LogP contribution < -0.4 is 0 Å². The summed E-state index contributed by atoms with van der Waals surface area (Å²) in [7, 11) is 0. The summed E-state index contributed by atoms with van der Waals surface area (Å²) in [5, 5.41) is 0. The van der Waals surface area contributed by atoms with Gasteiger partial charge in [0.2, 0.25) is 5.91 Å². The molecule has 6 nitrogen and oxygen atoms in total. The van der Waals surface area contributed by atoms with Crippen LogP contribution in [0.4, 0.5) is 0 Å². The van der Waals surface area contributed by atoms with Crippen LogP contribution in [0.2, 0.25) is 0 Å². The van der Waals surface area contributed by atoms with Gasteiger partial charge in [0.1, 0.15) is 12.2 Å². The minimum Gasteiger partial charge on any atom is -0.342 e. The molecule has 0 aliphatic carbocycles. The van der Waals surface area contributed by atoms with Gasteiger partial charge in [0.25, 0.3) is 11.8 Å². The lowest BCUT2D eigenvalue weighted by molar-refractivity contribution is -0.131. The van der Waals surface area contributed by atoms with Crippen molar-refractivity contribution >= 4 is 17.7 Å². The second-order valence-electron chi connectivity index (χ2n) is 4.16. The highest BCUT2D eigenvalue weighted by atomic mass is 16.2. The van der Waals surface area contributed by atoms with Crippen molar-refractivity contribution in [1.82, 2.24) is 14.8 Å². The van der Waals surface area contributed by atoms with Crippen LogP contribution in [-0.2, 0) is 4.79 Å². The van der Waals surface area contributed by atoms with Crippen molar-refractivity contribution in [3.8, 4) is 0 Å². The highest BCUT2D eigenvalue weighted by molar-refractivity contribution is 6.21. The molecule has 0 radical (unpaired) electrons. The standard InChI is InChI=1S/C13H15N3O3/c1-3-15(4-2)10(17)8-16-12(18)9-6-5-7-14-11(9)13(16)19/h5-7H,3-4,8H2,1-2H3. The van der Waals surface area contributed by atoms with Crippen molar-refractivity contribution in [1.29, 1.82) is 0 Å². The maximum Gasteiger partial charge on any atom is 0.280 e. The van der Waals surface area contributed by atoms with Crippen molar-refractivity contribution in [2.75, 3.05) is 19.6 Å². The monoisotopic (exact) mass is 261 g/mol. The Balaban J connectivity index is 2.19. The Morgan fingerprint density at radius 3 is 2.53 bits per heavy atom. The Morgan fingerprint density at radius 2 is 1.95 bits per heavy atom. The Kier molecular flexibility index (Phi) is 3.59. The van der Waals surface area contributed by atoms with Crippen LogP contribution in [0.15, 0.2) is 18.3 Å². The average Bonchev–Trinajstić information content (AvgIpc) is 2.66. The van der Waals surface area contributed by atoms with E-state index >= 15 is 0 Å². The molecule has 0 aromatic carbocycles. The molecular formula is C13H15N3O3. The molecule has 0 spiro atoms. The van der Waals surface area contributed by atoms with Crippen LogP contribution >= 0.6 is 0 Å². The van der Waals surface area contributed by atoms with E-state index in [1.807, 2.05) is 13.8 Å². The third-order valence-electron chi connectivity index (χ3n) is 3.14. The van der Waals surface area contributed by atoms with E-state index < -0.39 is 11.8 Å². The number of aromatic nitrogens is 1. The first kappa shape index (κ1) is 13.2. The van der Waals surface area contributed by atoms with E-state index in [2.05, 4.69) is 4.98 Å². The second kappa shape index (κ2) is 5.17. The van der Waals surface area contributed by atoms with Crippen molar-refractivity contribution in [3.05, 3.63) is 29.6 Å². The van der Waals surface area contributed by atoms with Crippen LogP contribution in [0.1, 0.15) is 34.7 Å². The SMILES string of the molecule is CCN(CC)C(=O)CN1C(=O)c2cccnc2C1=O. The van der Waals surface area contributed by atoms with Gasteiger partial charge in [-0.25, -0.2) is 0 Å². The smallest absolute Gasteiger partial charge is 0.280 e. The summed E-state index contributed by atoms with van der Waals surface area (Å²) in [4.78, 5) is 42.4. The van der Waals surface area contributed by atoms with Gasteiger partial charge < -0.3 is 4.90 Å². The topological polar surface area (TPSA) is 70.6 Å². The molecule has 2 rings (SSSR count). The number of rotatable bonds is 4. The van der Waals surface area contributed by atoms with Crippen molar-refractivity contribution in [2.45, 2.75) is 13.8 Å². The summed E-state index contributed by atoms with van der Waals surface area (Å²) in [6.45, 7) is 4.58. The van der Waals surface area contributed by atoms with E-state index in [0.29, 0.717) is 13.1 Å². The first-order valence-corrected chi connectivity index (χ1v) is 6.19. The van der Waals surface area contributed by atoms with Gasteiger partial charge in [0.15, 0.2) is 0 Å². The predicted octanol–water partition coefficient (Wildman–Crippen LogP) is 0.546. The zero-order chi connectivity index (χ0) is 14.0. The average molecular weight is 261 g/mol. The first-order valence-electron chi connectivity index (χ1n) is 6.19. The highest BCUT2D eigenvalue weighted by Gasteiger charge is 2.38. The molecule has 2 heterocycles. The lowest BCUT2D eigenvalue weighted by Gasteiger charge is -2.21. The van der Waals surface area contributed by atoms with Gasteiger partial charge in [0.05, 0.1) is 5.56 Å². The molecule has 1 aromatic rings. The summed E-state index contributed by atoms with van der Waals surface area (Å²) in [5.74, 6) is -1.19. The number of pyridine rings is 1. The van der Waals surface area contributed by atoms with E-state index in [1.165, 1.54) is 6.20 Å². The third-order valence-corrected chi connectivity index (χ3v) is 3.14. The van der Waals surface area contributed by atoms with Gasteiger partial charge in [-0.3, -0.25) is 24.3 Å². The molecule has 19 heavy (non-hydrogen) atoms. The summed E-state index contributed by atoms with van der Waals surface area (Å²) in [6, 6.07) is 3.14. The zero-order valence-electron chi connectivity index (χ0n) is 10.9. The lowest BCUT2D eigenvalue weighted by Crippen LogP contribution is -2.42. The van der Waals surface area contributed by atoms with E-state index in [4.69, 9.17) is 0 Å². The van der Waals surface area contributed by atoms with E-state index in [-0.39, 0.29) is 23.7 Å². The number of nitrogens with zero attached hydrogens (tertiary/aromatic N) is 3. The number of carbonyl (C=O) groups excluding carboxylic acids is 3. The minimum atomic E-state index is -0.499. The van der Waals surface area contributed by atoms with Gasteiger partial charge in [0, 0.05) is 19.3 Å². The Hall–Kier alpha value is -2.24. The summed E-state index contributed by atoms with van der Waals surface area (Å²) < 4.78 is 0. The molecule has 0 N–H and O–H groups in total. The van der Waals surface area contributed by atoms with Crippen molar-refractivity contribution in [3.63, 3.8) is 0 Å². The Morgan fingerprint density at radius 1 is 1.26 bits per heavy atom. The summed E-state index contributed by atoms with van der Waals surface area (Å²) in [5.41, 5.74) is 0.389. The molecule has 0 saturated carbocycles. The largest absolute Gasteiger partial charge is 0.342 e. The molecule has 1 aromatic heterocycles. The number of likely N-dealkylation sites (N-methyl/N-ethyl adjacent to an activating group) is 1. The number of amides is 3. The molecule has 6 heteroatoms. The zero-order valence-corrected chi connectivity index (χ0v) is 10.9. The van der Waals surface area contributed by atoms with Gasteiger partial charge >= 0.3 is 0 Å². The lowest BCUT2D eigenvalue weighted by atomic mass is 10.2. The van der Waals surface area contributed by atoms with Crippen LogP contribution in [0, 0.1) is 0 Å². The van der Waals surface area contributed by atoms with Crippen molar-refractivity contribution < 1.29 is 14.4 Å². The maximum absolute atomic E-state index is 12.0. The molecular weight excluding hydrogens is 246 g/mol. The fourth-order valence-electron chi connectivity index (χ4n) is 2.07. The van der Waals surface area contributed by atoms with Crippen molar-refractivity contribution in [2.24, 2.45) is 0 Å². The molecule has 0 fully saturated rings. The molecule has 0 unspecified atom stereocenters. The van der Waals surface area contributed by atoms with E-state index in [0.717, 1.165) is 4.90 Å². The third kappa shape index (κ3) is 2.21. The normalized spacial score (nSPS) is 13.7.